The Kier molecular flexibility index (Phi) is 8.76. The first-order chi connectivity index (χ1) is 15.4. The zero-order valence-corrected chi connectivity index (χ0v) is 18.9. The van der Waals surface area contributed by atoms with Gasteiger partial charge in [0.25, 0.3) is 5.91 Å². The third-order valence-corrected chi connectivity index (χ3v) is 5.78. The smallest absolute Gasteiger partial charge is 0.251 e. The summed E-state index contributed by atoms with van der Waals surface area (Å²) in [5.74, 6) is -1.05. The van der Waals surface area contributed by atoms with Crippen molar-refractivity contribution in [3.8, 4) is 0 Å². The van der Waals surface area contributed by atoms with Crippen molar-refractivity contribution < 1.29 is 14.0 Å². The van der Waals surface area contributed by atoms with E-state index in [0.717, 1.165) is 39.3 Å². The van der Waals surface area contributed by atoms with Gasteiger partial charge in [-0.3, -0.25) is 19.4 Å². The first-order valence-corrected chi connectivity index (χ1v) is 11.2. The summed E-state index contributed by atoms with van der Waals surface area (Å²) in [5.41, 5.74) is 1.66. The summed E-state index contributed by atoms with van der Waals surface area (Å²) in [7, 11) is 0. The van der Waals surface area contributed by atoms with E-state index in [9.17, 15) is 14.0 Å². The van der Waals surface area contributed by atoms with Crippen LogP contribution in [0.15, 0.2) is 54.6 Å². The number of piperazine rings is 1. The minimum Gasteiger partial charge on any atom is -0.353 e. The number of amides is 2. The second-order valence-electron chi connectivity index (χ2n) is 8.60. The lowest BCUT2D eigenvalue weighted by atomic mass is 10.0. The normalized spacial score (nSPS) is 16.0. The molecule has 6 nitrogen and oxygen atoms in total. The summed E-state index contributed by atoms with van der Waals surface area (Å²) in [6, 6.07) is 15.1. The molecule has 3 rings (SSSR count). The van der Waals surface area contributed by atoms with Crippen molar-refractivity contribution >= 4 is 11.8 Å². The van der Waals surface area contributed by atoms with Crippen molar-refractivity contribution in [3.05, 3.63) is 71.5 Å². The van der Waals surface area contributed by atoms with E-state index in [2.05, 4.69) is 44.7 Å². The molecule has 2 N–H and O–H groups in total. The number of benzene rings is 2. The number of nitrogens with one attached hydrogen (secondary N) is 2. The molecular weight excluding hydrogens is 407 g/mol. The van der Waals surface area contributed by atoms with Gasteiger partial charge in [0, 0.05) is 51.4 Å². The van der Waals surface area contributed by atoms with Crippen LogP contribution in [0, 0.1) is 11.7 Å². The fraction of sp³-hybridized carbons (Fsp3) is 0.440. The molecule has 7 heteroatoms. The Bertz CT molecular complexity index is 865. The average Bonchev–Trinajstić information content (AvgIpc) is 2.79. The lowest BCUT2D eigenvalue weighted by Crippen LogP contribution is -2.52. The Balaban J connectivity index is 1.40. The highest BCUT2D eigenvalue weighted by Crippen LogP contribution is 2.09. The van der Waals surface area contributed by atoms with Crippen molar-refractivity contribution in [2.24, 2.45) is 5.92 Å². The molecule has 2 aromatic carbocycles. The average molecular weight is 441 g/mol. The molecule has 0 spiro atoms. The molecule has 1 aliphatic heterocycles. The second kappa shape index (κ2) is 11.7. The number of rotatable bonds is 9. The molecule has 1 aliphatic rings. The number of halogens is 1. The molecule has 1 atom stereocenters. The van der Waals surface area contributed by atoms with Crippen molar-refractivity contribution in [1.29, 1.82) is 0 Å². The van der Waals surface area contributed by atoms with E-state index in [1.807, 2.05) is 19.9 Å². The van der Waals surface area contributed by atoms with E-state index in [0.29, 0.717) is 12.1 Å². The fourth-order valence-electron chi connectivity index (χ4n) is 3.82. The van der Waals surface area contributed by atoms with Gasteiger partial charge in [-0.2, -0.15) is 0 Å². The predicted molar refractivity (Wildman–Crippen MR) is 124 cm³/mol. The lowest BCUT2D eigenvalue weighted by molar-refractivity contribution is -0.124. The summed E-state index contributed by atoms with van der Waals surface area (Å²) in [6.07, 6.45) is 0. The molecule has 2 aromatic rings. The summed E-state index contributed by atoms with van der Waals surface area (Å²) < 4.78 is 13.1. The van der Waals surface area contributed by atoms with Crippen LogP contribution in [0.5, 0.6) is 0 Å². The molecule has 2 amide bonds. The summed E-state index contributed by atoms with van der Waals surface area (Å²) in [5, 5.41) is 5.74. The van der Waals surface area contributed by atoms with Gasteiger partial charge in [0.1, 0.15) is 11.9 Å². The van der Waals surface area contributed by atoms with Crippen LogP contribution >= 0.6 is 0 Å². The van der Waals surface area contributed by atoms with Gasteiger partial charge in [-0.25, -0.2) is 4.39 Å². The largest absolute Gasteiger partial charge is 0.353 e. The minimum atomic E-state index is -0.643. The highest BCUT2D eigenvalue weighted by Gasteiger charge is 2.25. The van der Waals surface area contributed by atoms with Crippen molar-refractivity contribution in [2.75, 3.05) is 39.3 Å². The number of hydrogen-bond donors (Lipinski definition) is 2. The number of nitrogens with zero attached hydrogens (tertiary/aromatic N) is 2. The predicted octanol–water partition coefficient (Wildman–Crippen LogP) is 2.51. The van der Waals surface area contributed by atoms with Crippen LogP contribution in [0.25, 0.3) is 0 Å². The topological polar surface area (TPSA) is 64.7 Å². The molecule has 0 saturated carbocycles. The van der Waals surface area contributed by atoms with Crippen LogP contribution in [-0.4, -0.2) is 66.9 Å². The maximum absolute atomic E-state index is 13.1. The van der Waals surface area contributed by atoms with E-state index >= 15 is 0 Å². The van der Waals surface area contributed by atoms with Gasteiger partial charge in [-0.1, -0.05) is 44.2 Å². The van der Waals surface area contributed by atoms with Crippen LogP contribution in [0.4, 0.5) is 4.39 Å². The molecule has 0 radical (unpaired) electrons. The van der Waals surface area contributed by atoms with Crippen molar-refractivity contribution in [1.82, 2.24) is 20.4 Å². The Morgan fingerprint density at radius 1 is 0.938 bits per heavy atom. The van der Waals surface area contributed by atoms with E-state index in [1.165, 1.54) is 29.8 Å². The first kappa shape index (κ1) is 23.9. The first-order valence-electron chi connectivity index (χ1n) is 11.2. The van der Waals surface area contributed by atoms with Crippen LogP contribution in [0.1, 0.15) is 29.8 Å². The maximum Gasteiger partial charge on any atom is 0.251 e. The Morgan fingerprint density at radius 3 is 2.19 bits per heavy atom. The van der Waals surface area contributed by atoms with Gasteiger partial charge in [0.2, 0.25) is 5.91 Å². The fourth-order valence-corrected chi connectivity index (χ4v) is 3.82. The van der Waals surface area contributed by atoms with Crippen LogP contribution in [0.3, 0.4) is 0 Å². The number of hydrogen-bond acceptors (Lipinski definition) is 4. The summed E-state index contributed by atoms with van der Waals surface area (Å²) in [4.78, 5) is 29.9. The molecule has 1 fully saturated rings. The van der Waals surface area contributed by atoms with E-state index in [1.54, 1.807) is 0 Å². The molecule has 172 valence electrons. The molecule has 0 aliphatic carbocycles. The van der Waals surface area contributed by atoms with E-state index in [-0.39, 0.29) is 17.7 Å². The van der Waals surface area contributed by atoms with Gasteiger partial charge in [-0.15, -0.1) is 0 Å². The SMILES string of the molecule is CC(C)C(NC(=O)c1ccc(F)cc1)C(=O)NCCN1CCN(Cc2ccccc2)CC1. The van der Waals surface area contributed by atoms with E-state index in [4.69, 9.17) is 0 Å². The molecule has 1 unspecified atom stereocenters. The van der Waals surface area contributed by atoms with Crippen LogP contribution < -0.4 is 10.6 Å². The van der Waals surface area contributed by atoms with Gasteiger partial charge < -0.3 is 10.6 Å². The molecule has 0 bridgehead atoms. The van der Waals surface area contributed by atoms with Gasteiger partial charge in [0.05, 0.1) is 0 Å². The molecule has 32 heavy (non-hydrogen) atoms. The molecule has 1 heterocycles. The third-order valence-electron chi connectivity index (χ3n) is 5.78. The number of carbonyl (C=O) groups is 2. The van der Waals surface area contributed by atoms with Gasteiger partial charge >= 0.3 is 0 Å². The summed E-state index contributed by atoms with van der Waals surface area (Å²) in [6.45, 7) is 10.0. The highest BCUT2D eigenvalue weighted by atomic mass is 19.1. The lowest BCUT2D eigenvalue weighted by Gasteiger charge is -2.34. The molecular formula is C25H33FN4O2. The highest BCUT2D eigenvalue weighted by molar-refractivity contribution is 5.97. The van der Waals surface area contributed by atoms with Gasteiger partial charge in [0.15, 0.2) is 0 Å². The Morgan fingerprint density at radius 2 is 1.56 bits per heavy atom. The monoisotopic (exact) mass is 440 g/mol. The van der Waals surface area contributed by atoms with Crippen molar-refractivity contribution in [2.45, 2.75) is 26.4 Å². The maximum atomic E-state index is 13.1. The number of carbonyl (C=O) groups excluding carboxylic acids is 2. The zero-order chi connectivity index (χ0) is 22.9. The minimum absolute atomic E-state index is 0.0686. The molecule has 0 aromatic heterocycles. The van der Waals surface area contributed by atoms with Crippen LogP contribution in [0.2, 0.25) is 0 Å². The van der Waals surface area contributed by atoms with Crippen molar-refractivity contribution in [3.63, 3.8) is 0 Å². The summed E-state index contributed by atoms with van der Waals surface area (Å²) >= 11 is 0. The quantitative estimate of drug-likeness (QED) is 0.629. The Labute approximate surface area is 189 Å². The Hall–Kier alpha value is -2.77. The zero-order valence-electron chi connectivity index (χ0n) is 18.9. The van der Waals surface area contributed by atoms with Crippen LogP contribution in [-0.2, 0) is 11.3 Å². The second-order valence-corrected chi connectivity index (χ2v) is 8.60. The molecule has 1 saturated heterocycles. The van der Waals surface area contributed by atoms with Gasteiger partial charge in [-0.05, 0) is 35.7 Å². The third kappa shape index (κ3) is 7.14. The standard InChI is InChI=1S/C25H33FN4O2/c1-19(2)23(28-24(31)21-8-10-22(26)11-9-21)25(32)27-12-13-29-14-16-30(17-15-29)18-20-6-4-3-5-7-20/h3-11,19,23H,12-18H2,1-2H3,(H,27,32)(H,28,31). The van der Waals surface area contributed by atoms with E-state index < -0.39 is 11.9 Å².